The quantitative estimate of drug-likeness (QED) is 0.818. The largest absolute Gasteiger partial charge is 0.504 e. The zero-order valence-corrected chi connectivity index (χ0v) is 7.88. The lowest BCUT2D eigenvalue weighted by molar-refractivity contribution is 0.115. The van der Waals surface area contributed by atoms with E-state index in [1.165, 1.54) is 7.11 Å². The Labute approximate surface area is 84.3 Å². The first-order valence-electron chi connectivity index (χ1n) is 4.07. The van der Waals surface area contributed by atoms with Gasteiger partial charge in [0.1, 0.15) is 5.82 Å². The van der Waals surface area contributed by atoms with Crippen LogP contribution < -0.4 is 10.5 Å². The molecule has 6 heteroatoms. The number of ether oxygens (including phenoxy) is 1. The Bertz CT molecular complexity index is 357. The Morgan fingerprint density at radius 1 is 1.40 bits per heavy atom. The molecule has 0 fully saturated rings. The third-order valence-corrected chi connectivity index (χ3v) is 1.92. The van der Waals surface area contributed by atoms with Gasteiger partial charge in [-0.2, -0.15) is 0 Å². The molecule has 0 saturated carbocycles. The number of halogens is 3. The van der Waals surface area contributed by atoms with Gasteiger partial charge in [-0.25, -0.2) is 13.2 Å². The highest BCUT2D eigenvalue weighted by Gasteiger charge is 2.23. The topological polar surface area (TPSA) is 55.5 Å². The molecule has 0 unspecified atom stereocenters. The van der Waals surface area contributed by atoms with E-state index in [1.807, 2.05) is 0 Å². The lowest BCUT2D eigenvalue weighted by Crippen LogP contribution is -2.19. The van der Waals surface area contributed by atoms with Gasteiger partial charge < -0.3 is 15.6 Å². The summed E-state index contributed by atoms with van der Waals surface area (Å²) in [4.78, 5) is 0. The van der Waals surface area contributed by atoms with Gasteiger partial charge in [-0.3, -0.25) is 0 Å². The number of methoxy groups -OCH3 is 1. The minimum absolute atomic E-state index is 0.221. The lowest BCUT2D eigenvalue weighted by atomic mass is 10.1. The fraction of sp³-hybridized carbons (Fsp3) is 0.333. The first-order chi connectivity index (χ1) is 6.97. The Hall–Kier alpha value is -1.43. The molecule has 3 nitrogen and oxygen atoms in total. The van der Waals surface area contributed by atoms with E-state index in [0.29, 0.717) is 0 Å². The minimum atomic E-state index is -2.89. The van der Waals surface area contributed by atoms with E-state index in [4.69, 9.17) is 5.73 Å². The van der Waals surface area contributed by atoms with E-state index in [0.717, 1.165) is 12.1 Å². The number of benzene rings is 1. The molecule has 0 aliphatic carbocycles. The molecule has 0 aromatic heterocycles. The van der Waals surface area contributed by atoms with Crippen LogP contribution in [-0.2, 0) is 0 Å². The fourth-order valence-electron chi connectivity index (χ4n) is 1.14. The van der Waals surface area contributed by atoms with Crippen molar-refractivity contribution in [3.8, 4) is 11.5 Å². The van der Waals surface area contributed by atoms with E-state index < -0.39 is 24.0 Å². The molecular weight excluding hydrogens is 211 g/mol. The van der Waals surface area contributed by atoms with Crippen molar-refractivity contribution in [2.45, 2.75) is 12.5 Å². The van der Waals surface area contributed by atoms with Crippen molar-refractivity contribution in [1.82, 2.24) is 0 Å². The second kappa shape index (κ2) is 4.39. The van der Waals surface area contributed by atoms with E-state index in [9.17, 15) is 18.3 Å². The minimum Gasteiger partial charge on any atom is -0.504 e. The third-order valence-electron chi connectivity index (χ3n) is 1.92. The maximum atomic E-state index is 12.9. The SMILES string of the molecule is COc1cc(F)cc([C@@H](N)C(F)F)c1O. The number of nitrogens with two attached hydrogens (primary N) is 1. The molecule has 0 radical (unpaired) electrons. The second-order valence-electron chi connectivity index (χ2n) is 2.91. The molecule has 0 saturated heterocycles. The summed E-state index contributed by atoms with van der Waals surface area (Å²) in [6.07, 6.45) is -2.89. The third kappa shape index (κ3) is 2.33. The van der Waals surface area contributed by atoms with Crippen molar-refractivity contribution in [2.24, 2.45) is 5.73 Å². The Kier molecular flexibility index (Phi) is 3.41. The van der Waals surface area contributed by atoms with Crippen LogP contribution in [-0.4, -0.2) is 18.6 Å². The van der Waals surface area contributed by atoms with Gasteiger partial charge in [0.25, 0.3) is 6.43 Å². The van der Waals surface area contributed by atoms with Crippen molar-refractivity contribution in [3.05, 3.63) is 23.5 Å². The highest BCUT2D eigenvalue weighted by atomic mass is 19.3. The molecule has 0 bridgehead atoms. The van der Waals surface area contributed by atoms with Crippen LogP contribution in [0.15, 0.2) is 12.1 Å². The normalized spacial score (nSPS) is 12.9. The van der Waals surface area contributed by atoms with Gasteiger partial charge in [-0.1, -0.05) is 0 Å². The van der Waals surface area contributed by atoms with Crippen molar-refractivity contribution in [3.63, 3.8) is 0 Å². The Morgan fingerprint density at radius 2 is 2.00 bits per heavy atom. The summed E-state index contributed by atoms with van der Waals surface area (Å²) in [6.45, 7) is 0. The van der Waals surface area contributed by atoms with Crippen LogP contribution in [0.1, 0.15) is 11.6 Å². The maximum absolute atomic E-state index is 12.9. The van der Waals surface area contributed by atoms with E-state index in [2.05, 4.69) is 4.74 Å². The molecular formula is C9H10F3NO2. The van der Waals surface area contributed by atoms with Crippen LogP contribution in [0.2, 0.25) is 0 Å². The highest BCUT2D eigenvalue weighted by molar-refractivity contribution is 5.47. The van der Waals surface area contributed by atoms with Crippen molar-refractivity contribution < 1.29 is 23.0 Å². The first-order valence-corrected chi connectivity index (χ1v) is 4.07. The van der Waals surface area contributed by atoms with Gasteiger partial charge in [-0.15, -0.1) is 0 Å². The summed E-state index contributed by atoms with van der Waals surface area (Å²) in [5, 5.41) is 9.43. The average molecular weight is 221 g/mol. The van der Waals surface area contributed by atoms with Crippen molar-refractivity contribution >= 4 is 0 Å². The zero-order valence-electron chi connectivity index (χ0n) is 7.88. The van der Waals surface area contributed by atoms with Gasteiger partial charge in [0, 0.05) is 11.6 Å². The molecule has 1 rings (SSSR count). The molecule has 15 heavy (non-hydrogen) atoms. The molecule has 0 spiro atoms. The molecule has 0 heterocycles. The molecule has 1 aromatic carbocycles. The predicted octanol–water partition coefficient (Wildman–Crippen LogP) is 1.80. The Balaban J connectivity index is 3.22. The van der Waals surface area contributed by atoms with Gasteiger partial charge in [0.15, 0.2) is 11.5 Å². The molecule has 1 atom stereocenters. The second-order valence-corrected chi connectivity index (χ2v) is 2.91. The summed E-state index contributed by atoms with van der Waals surface area (Å²) in [5.41, 5.74) is 4.73. The smallest absolute Gasteiger partial charge is 0.257 e. The van der Waals surface area contributed by atoms with Crippen LogP contribution in [0.5, 0.6) is 11.5 Å². The molecule has 3 N–H and O–H groups in total. The van der Waals surface area contributed by atoms with E-state index >= 15 is 0 Å². The lowest BCUT2D eigenvalue weighted by Gasteiger charge is -2.14. The Morgan fingerprint density at radius 3 is 2.47 bits per heavy atom. The monoisotopic (exact) mass is 221 g/mol. The summed E-state index contributed by atoms with van der Waals surface area (Å²) in [7, 11) is 1.19. The maximum Gasteiger partial charge on any atom is 0.257 e. The number of phenols is 1. The average Bonchev–Trinajstić information content (AvgIpc) is 2.19. The predicted molar refractivity (Wildman–Crippen MR) is 47.5 cm³/mol. The van der Waals surface area contributed by atoms with Crippen LogP contribution in [0.4, 0.5) is 13.2 Å². The summed E-state index contributed by atoms with van der Waals surface area (Å²) >= 11 is 0. The van der Waals surface area contributed by atoms with Gasteiger partial charge in [0.2, 0.25) is 0 Å². The van der Waals surface area contributed by atoms with Crippen LogP contribution in [0.25, 0.3) is 0 Å². The number of rotatable bonds is 3. The summed E-state index contributed by atoms with van der Waals surface area (Å²) in [5.74, 6) is -1.58. The molecule has 1 aromatic rings. The van der Waals surface area contributed by atoms with Crippen LogP contribution in [0, 0.1) is 5.82 Å². The first kappa shape index (κ1) is 11.6. The standard InChI is InChI=1S/C9H10F3NO2/c1-15-6-3-4(10)2-5(8(6)14)7(13)9(11)12/h2-3,7,9,14H,13H2,1H3/t7-/m1/s1. The highest BCUT2D eigenvalue weighted by Crippen LogP contribution is 2.35. The van der Waals surface area contributed by atoms with Crippen molar-refractivity contribution in [2.75, 3.05) is 7.11 Å². The van der Waals surface area contributed by atoms with Gasteiger partial charge in [0.05, 0.1) is 13.2 Å². The number of alkyl halides is 2. The summed E-state index contributed by atoms with van der Waals surface area (Å²) < 4.78 is 42.1. The number of phenolic OH excluding ortho intramolecular Hbond substituents is 1. The van der Waals surface area contributed by atoms with Crippen LogP contribution >= 0.6 is 0 Å². The number of hydrogen-bond donors (Lipinski definition) is 2. The molecule has 0 aliphatic heterocycles. The number of hydrogen-bond acceptors (Lipinski definition) is 3. The van der Waals surface area contributed by atoms with E-state index in [1.54, 1.807) is 0 Å². The van der Waals surface area contributed by atoms with Crippen molar-refractivity contribution in [1.29, 1.82) is 0 Å². The zero-order chi connectivity index (χ0) is 11.6. The van der Waals surface area contributed by atoms with Gasteiger partial charge in [-0.05, 0) is 6.07 Å². The molecule has 84 valence electrons. The molecule has 0 aliphatic rings. The fourth-order valence-corrected chi connectivity index (χ4v) is 1.14. The van der Waals surface area contributed by atoms with E-state index in [-0.39, 0.29) is 11.3 Å². The molecule has 0 amide bonds. The number of aromatic hydroxyl groups is 1. The van der Waals surface area contributed by atoms with Crippen LogP contribution in [0.3, 0.4) is 0 Å². The summed E-state index contributed by atoms with van der Waals surface area (Å²) in [6, 6.07) is -0.0966. The van der Waals surface area contributed by atoms with Gasteiger partial charge >= 0.3 is 0 Å².